The van der Waals surface area contributed by atoms with Crippen LogP contribution in [0.2, 0.25) is 0 Å². The van der Waals surface area contributed by atoms with Gasteiger partial charge in [-0.2, -0.15) is 0 Å². The Morgan fingerprint density at radius 1 is 1.11 bits per heavy atom. The number of fused-ring (bicyclic) bond motifs is 1. The molecule has 0 heterocycles. The number of nitrogens with one attached hydrogen (secondary N) is 1. The van der Waals surface area contributed by atoms with Crippen molar-refractivity contribution < 1.29 is 9.84 Å². The summed E-state index contributed by atoms with van der Waals surface area (Å²) in [6, 6.07) is 17.1. The second kappa shape index (κ2) is 10.00. The Morgan fingerprint density at radius 2 is 1.85 bits per heavy atom. The summed E-state index contributed by atoms with van der Waals surface area (Å²) in [6.07, 6.45) is 2.95. The maximum atomic E-state index is 10.3. The standard InChI is InChI=1S/C23H32N2O2/c1-25(2)16-19-12-10-18(11-13-19)14-24-15-21(26)17-27-23-9-5-7-20-6-3-4-8-22(20)23/h3-4,6,8,10-13,21,23-24,26H,5,7,9,14-17H2,1-2H3/t21-,23+/m1/s1. The molecule has 4 heteroatoms. The molecule has 0 saturated carbocycles. The van der Waals surface area contributed by atoms with E-state index in [0.717, 1.165) is 32.4 Å². The van der Waals surface area contributed by atoms with E-state index in [0.29, 0.717) is 13.2 Å². The highest BCUT2D eigenvalue weighted by Gasteiger charge is 2.21. The first-order valence-corrected chi connectivity index (χ1v) is 9.92. The zero-order chi connectivity index (χ0) is 19.1. The van der Waals surface area contributed by atoms with Crippen LogP contribution in [0.25, 0.3) is 0 Å². The lowest BCUT2D eigenvalue weighted by molar-refractivity contribution is -0.0167. The van der Waals surface area contributed by atoms with E-state index >= 15 is 0 Å². The number of hydrogen-bond acceptors (Lipinski definition) is 4. The van der Waals surface area contributed by atoms with Crippen molar-refractivity contribution >= 4 is 0 Å². The summed E-state index contributed by atoms with van der Waals surface area (Å²) < 4.78 is 6.03. The van der Waals surface area contributed by atoms with Crippen molar-refractivity contribution in [2.75, 3.05) is 27.2 Å². The molecule has 2 atom stereocenters. The predicted octanol–water partition coefficient (Wildman–Crippen LogP) is 3.29. The van der Waals surface area contributed by atoms with Gasteiger partial charge in [0.15, 0.2) is 0 Å². The highest BCUT2D eigenvalue weighted by Crippen LogP contribution is 2.32. The number of ether oxygens (including phenoxy) is 1. The zero-order valence-corrected chi connectivity index (χ0v) is 16.5. The smallest absolute Gasteiger partial charge is 0.0898 e. The van der Waals surface area contributed by atoms with Crippen molar-refractivity contribution in [1.29, 1.82) is 0 Å². The Hall–Kier alpha value is -1.72. The molecular formula is C23H32N2O2. The summed E-state index contributed by atoms with van der Waals surface area (Å²) in [7, 11) is 4.15. The first-order valence-electron chi connectivity index (χ1n) is 9.92. The summed E-state index contributed by atoms with van der Waals surface area (Å²) in [5.41, 5.74) is 5.22. The summed E-state index contributed by atoms with van der Waals surface area (Å²) in [5, 5.41) is 13.6. The first-order chi connectivity index (χ1) is 13.1. The second-order valence-electron chi connectivity index (χ2n) is 7.75. The molecule has 0 amide bonds. The third-order valence-electron chi connectivity index (χ3n) is 5.04. The molecule has 1 aliphatic rings. The van der Waals surface area contributed by atoms with Crippen LogP contribution in [0.3, 0.4) is 0 Å². The quantitative estimate of drug-likeness (QED) is 0.713. The van der Waals surface area contributed by atoms with Crippen LogP contribution in [0.1, 0.15) is 41.2 Å². The molecule has 2 aromatic carbocycles. The molecule has 0 aliphatic heterocycles. The molecule has 1 aliphatic carbocycles. The molecule has 0 unspecified atom stereocenters. The summed E-state index contributed by atoms with van der Waals surface area (Å²) in [4.78, 5) is 2.16. The van der Waals surface area contributed by atoms with Crippen LogP contribution in [0.4, 0.5) is 0 Å². The van der Waals surface area contributed by atoms with Crippen molar-refractivity contribution in [3.63, 3.8) is 0 Å². The van der Waals surface area contributed by atoms with Crippen molar-refractivity contribution in [2.45, 2.75) is 44.6 Å². The zero-order valence-electron chi connectivity index (χ0n) is 16.5. The van der Waals surface area contributed by atoms with Crippen LogP contribution in [-0.4, -0.2) is 43.4 Å². The molecule has 2 aromatic rings. The molecule has 0 aromatic heterocycles. The van der Waals surface area contributed by atoms with E-state index in [1.165, 1.54) is 22.3 Å². The van der Waals surface area contributed by atoms with Gasteiger partial charge in [0.05, 0.1) is 18.8 Å². The summed E-state index contributed by atoms with van der Waals surface area (Å²) in [6.45, 7) is 2.61. The van der Waals surface area contributed by atoms with Crippen molar-refractivity contribution in [2.24, 2.45) is 0 Å². The third-order valence-corrected chi connectivity index (χ3v) is 5.04. The minimum atomic E-state index is -0.493. The molecule has 0 spiro atoms. The number of aliphatic hydroxyl groups is 1. The average molecular weight is 369 g/mol. The van der Waals surface area contributed by atoms with E-state index < -0.39 is 6.10 Å². The Labute approximate surface area is 163 Å². The number of rotatable bonds is 9. The molecule has 0 bridgehead atoms. The van der Waals surface area contributed by atoms with E-state index in [-0.39, 0.29) is 6.10 Å². The summed E-state index contributed by atoms with van der Waals surface area (Å²) >= 11 is 0. The SMILES string of the molecule is CN(C)Cc1ccc(CNC[C@@H](O)CO[C@H]2CCCc3ccccc32)cc1. The Bertz CT molecular complexity index is 700. The first kappa shape index (κ1) is 20.0. The number of hydrogen-bond donors (Lipinski definition) is 2. The fourth-order valence-corrected chi connectivity index (χ4v) is 3.68. The van der Waals surface area contributed by atoms with E-state index in [1.54, 1.807) is 0 Å². The Balaban J connectivity index is 1.38. The van der Waals surface area contributed by atoms with E-state index in [9.17, 15) is 5.11 Å². The molecule has 0 fully saturated rings. The normalized spacial score (nSPS) is 17.7. The van der Waals surface area contributed by atoms with Gasteiger partial charge in [-0.25, -0.2) is 0 Å². The fraction of sp³-hybridized carbons (Fsp3) is 0.478. The van der Waals surface area contributed by atoms with Gasteiger partial charge in [0.25, 0.3) is 0 Å². The summed E-state index contributed by atoms with van der Waals surface area (Å²) in [5.74, 6) is 0. The molecular weight excluding hydrogens is 336 g/mol. The number of nitrogens with zero attached hydrogens (tertiary/aromatic N) is 1. The maximum Gasteiger partial charge on any atom is 0.0898 e. The van der Waals surface area contributed by atoms with Gasteiger partial charge in [-0.15, -0.1) is 0 Å². The van der Waals surface area contributed by atoms with E-state index in [1.807, 2.05) is 0 Å². The maximum absolute atomic E-state index is 10.3. The number of aliphatic hydroxyl groups excluding tert-OH is 1. The van der Waals surface area contributed by atoms with Crippen LogP contribution >= 0.6 is 0 Å². The van der Waals surface area contributed by atoms with Crippen LogP contribution in [0.15, 0.2) is 48.5 Å². The molecule has 2 N–H and O–H groups in total. The van der Waals surface area contributed by atoms with Crippen molar-refractivity contribution in [3.05, 3.63) is 70.8 Å². The van der Waals surface area contributed by atoms with Crippen LogP contribution in [0, 0.1) is 0 Å². The lowest BCUT2D eigenvalue weighted by Crippen LogP contribution is -2.31. The van der Waals surface area contributed by atoms with Crippen molar-refractivity contribution in [3.8, 4) is 0 Å². The molecule has 3 rings (SSSR count). The van der Waals surface area contributed by atoms with Crippen LogP contribution in [-0.2, 0) is 24.2 Å². The molecule has 0 radical (unpaired) electrons. The van der Waals surface area contributed by atoms with E-state index in [4.69, 9.17) is 4.74 Å². The molecule has 4 nitrogen and oxygen atoms in total. The molecule has 0 saturated heterocycles. The van der Waals surface area contributed by atoms with Crippen LogP contribution < -0.4 is 5.32 Å². The van der Waals surface area contributed by atoms with Gasteiger partial charge >= 0.3 is 0 Å². The van der Waals surface area contributed by atoms with Gasteiger partial charge in [0.2, 0.25) is 0 Å². The highest BCUT2D eigenvalue weighted by atomic mass is 16.5. The van der Waals surface area contributed by atoms with Gasteiger partial charge in [0.1, 0.15) is 0 Å². The lowest BCUT2D eigenvalue weighted by Gasteiger charge is -2.26. The fourth-order valence-electron chi connectivity index (χ4n) is 3.68. The van der Waals surface area contributed by atoms with Gasteiger partial charge in [-0.1, -0.05) is 48.5 Å². The number of aryl methyl sites for hydroxylation is 1. The monoisotopic (exact) mass is 368 g/mol. The van der Waals surface area contributed by atoms with Crippen molar-refractivity contribution in [1.82, 2.24) is 10.2 Å². The minimum absolute atomic E-state index is 0.119. The van der Waals surface area contributed by atoms with Crippen LogP contribution in [0.5, 0.6) is 0 Å². The Kier molecular flexibility index (Phi) is 7.41. The van der Waals surface area contributed by atoms with E-state index in [2.05, 4.69) is 72.8 Å². The van der Waals surface area contributed by atoms with Gasteiger partial charge < -0.3 is 20.1 Å². The Morgan fingerprint density at radius 3 is 2.63 bits per heavy atom. The molecule has 146 valence electrons. The highest BCUT2D eigenvalue weighted by molar-refractivity contribution is 5.31. The van der Waals surface area contributed by atoms with Gasteiger partial charge in [-0.3, -0.25) is 0 Å². The van der Waals surface area contributed by atoms with Gasteiger partial charge in [0, 0.05) is 19.6 Å². The predicted molar refractivity (Wildman–Crippen MR) is 110 cm³/mol. The minimum Gasteiger partial charge on any atom is -0.389 e. The lowest BCUT2D eigenvalue weighted by atomic mass is 9.89. The second-order valence-corrected chi connectivity index (χ2v) is 7.75. The third kappa shape index (κ3) is 6.15. The average Bonchev–Trinajstić information content (AvgIpc) is 2.67. The van der Waals surface area contributed by atoms with Gasteiger partial charge in [-0.05, 0) is 55.6 Å². The molecule has 27 heavy (non-hydrogen) atoms. The largest absolute Gasteiger partial charge is 0.389 e. The number of benzene rings is 2. The topological polar surface area (TPSA) is 44.7 Å².